The molecular formula is C13H18N2O2. The smallest absolute Gasteiger partial charge is 0.354 e. The lowest BCUT2D eigenvalue weighted by Gasteiger charge is -2.32. The number of aromatic carboxylic acids is 1. The summed E-state index contributed by atoms with van der Waals surface area (Å²) in [7, 11) is 0. The summed E-state index contributed by atoms with van der Waals surface area (Å²) in [6, 6.07) is 5.18. The zero-order valence-electron chi connectivity index (χ0n) is 10.1. The van der Waals surface area contributed by atoms with Crippen molar-refractivity contribution in [3.63, 3.8) is 0 Å². The lowest BCUT2D eigenvalue weighted by Crippen LogP contribution is -2.34. The number of nitrogens with zero attached hydrogens (tertiary/aromatic N) is 2. The molecule has 1 N–H and O–H groups in total. The zero-order chi connectivity index (χ0) is 12.3. The molecule has 4 heteroatoms. The average molecular weight is 234 g/mol. The van der Waals surface area contributed by atoms with Crippen LogP contribution in [0.3, 0.4) is 0 Å². The third kappa shape index (κ3) is 2.75. The topological polar surface area (TPSA) is 53.4 Å². The fourth-order valence-electron chi connectivity index (χ4n) is 2.29. The van der Waals surface area contributed by atoms with Gasteiger partial charge in [-0.25, -0.2) is 9.78 Å². The number of carboxylic acids is 1. The molecule has 0 bridgehead atoms. The highest BCUT2D eigenvalue weighted by atomic mass is 16.4. The maximum absolute atomic E-state index is 10.9. The van der Waals surface area contributed by atoms with Crippen LogP contribution in [0.4, 0.5) is 5.82 Å². The summed E-state index contributed by atoms with van der Waals surface area (Å²) >= 11 is 0. The van der Waals surface area contributed by atoms with Gasteiger partial charge in [-0.05, 0) is 30.9 Å². The second kappa shape index (κ2) is 5.17. The summed E-state index contributed by atoms with van der Waals surface area (Å²) in [4.78, 5) is 17.2. The van der Waals surface area contributed by atoms with Gasteiger partial charge in [-0.3, -0.25) is 0 Å². The first-order valence-electron chi connectivity index (χ1n) is 6.16. The van der Waals surface area contributed by atoms with Gasteiger partial charge in [0.15, 0.2) is 5.69 Å². The molecule has 0 radical (unpaired) electrons. The standard InChI is InChI=1S/C13H18N2O2/c1-2-10-6-8-15(9-7-10)12-5-3-4-11(14-12)13(16)17/h3-5,10H,2,6-9H2,1H3,(H,16,17). The van der Waals surface area contributed by atoms with Gasteiger partial charge < -0.3 is 10.0 Å². The van der Waals surface area contributed by atoms with Crippen LogP contribution in [0, 0.1) is 5.92 Å². The van der Waals surface area contributed by atoms with Crippen molar-refractivity contribution < 1.29 is 9.90 Å². The predicted molar refractivity (Wildman–Crippen MR) is 66.4 cm³/mol. The van der Waals surface area contributed by atoms with E-state index in [4.69, 9.17) is 5.11 Å². The molecule has 2 rings (SSSR count). The van der Waals surface area contributed by atoms with Crippen molar-refractivity contribution >= 4 is 11.8 Å². The van der Waals surface area contributed by atoms with Gasteiger partial charge >= 0.3 is 5.97 Å². The van der Waals surface area contributed by atoms with Gasteiger partial charge in [-0.1, -0.05) is 19.4 Å². The molecule has 0 amide bonds. The first-order chi connectivity index (χ1) is 8.20. The van der Waals surface area contributed by atoms with E-state index in [0.717, 1.165) is 24.8 Å². The van der Waals surface area contributed by atoms with Crippen LogP contribution in [-0.2, 0) is 0 Å². The summed E-state index contributed by atoms with van der Waals surface area (Å²) in [6.45, 7) is 4.19. The molecule has 92 valence electrons. The first-order valence-corrected chi connectivity index (χ1v) is 6.16. The van der Waals surface area contributed by atoms with Crippen molar-refractivity contribution in [1.29, 1.82) is 0 Å². The summed E-state index contributed by atoms with van der Waals surface area (Å²) in [5.41, 5.74) is 0.125. The van der Waals surface area contributed by atoms with Crippen molar-refractivity contribution in [3.8, 4) is 0 Å². The Bertz CT molecular complexity index is 398. The lowest BCUT2D eigenvalue weighted by molar-refractivity contribution is 0.0690. The van der Waals surface area contributed by atoms with E-state index in [1.807, 2.05) is 6.07 Å². The molecule has 1 aromatic heterocycles. The molecule has 0 atom stereocenters. The van der Waals surface area contributed by atoms with E-state index in [-0.39, 0.29) is 5.69 Å². The Morgan fingerprint density at radius 1 is 1.47 bits per heavy atom. The summed E-state index contributed by atoms with van der Waals surface area (Å²) < 4.78 is 0. The summed E-state index contributed by atoms with van der Waals surface area (Å²) in [5, 5.41) is 8.91. The van der Waals surface area contributed by atoms with Crippen LogP contribution < -0.4 is 4.90 Å². The van der Waals surface area contributed by atoms with Crippen molar-refractivity contribution in [3.05, 3.63) is 23.9 Å². The largest absolute Gasteiger partial charge is 0.477 e. The number of carboxylic acid groups (broad SMARTS) is 1. The van der Waals surface area contributed by atoms with Crippen LogP contribution in [0.2, 0.25) is 0 Å². The molecule has 0 aromatic carbocycles. The number of anilines is 1. The van der Waals surface area contributed by atoms with Crippen LogP contribution in [0.5, 0.6) is 0 Å². The first kappa shape index (κ1) is 11.9. The van der Waals surface area contributed by atoms with Gasteiger partial charge in [0.1, 0.15) is 5.82 Å². The summed E-state index contributed by atoms with van der Waals surface area (Å²) in [6.07, 6.45) is 3.58. The Morgan fingerprint density at radius 3 is 2.76 bits per heavy atom. The Labute approximate surface area is 101 Å². The fourth-order valence-corrected chi connectivity index (χ4v) is 2.29. The van der Waals surface area contributed by atoms with E-state index in [1.54, 1.807) is 6.07 Å². The maximum Gasteiger partial charge on any atom is 0.354 e. The Balaban J connectivity index is 2.08. The van der Waals surface area contributed by atoms with Crippen molar-refractivity contribution in [2.24, 2.45) is 5.92 Å². The van der Waals surface area contributed by atoms with E-state index in [0.29, 0.717) is 0 Å². The molecule has 1 aromatic rings. The van der Waals surface area contributed by atoms with Crippen LogP contribution in [-0.4, -0.2) is 29.1 Å². The molecule has 2 heterocycles. The van der Waals surface area contributed by atoms with Gasteiger partial charge in [0.25, 0.3) is 0 Å². The molecule has 0 saturated carbocycles. The lowest BCUT2D eigenvalue weighted by atomic mass is 9.94. The van der Waals surface area contributed by atoms with Crippen LogP contribution in [0.25, 0.3) is 0 Å². The monoisotopic (exact) mass is 234 g/mol. The van der Waals surface area contributed by atoms with Gasteiger partial charge in [0.2, 0.25) is 0 Å². The number of piperidine rings is 1. The van der Waals surface area contributed by atoms with E-state index < -0.39 is 5.97 Å². The molecule has 1 aliphatic rings. The highest BCUT2D eigenvalue weighted by Crippen LogP contribution is 2.23. The van der Waals surface area contributed by atoms with Gasteiger partial charge in [-0.15, -0.1) is 0 Å². The van der Waals surface area contributed by atoms with E-state index in [9.17, 15) is 4.79 Å². The van der Waals surface area contributed by atoms with Crippen molar-refractivity contribution in [1.82, 2.24) is 4.98 Å². The predicted octanol–water partition coefficient (Wildman–Crippen LogP) is 2.41. The fraction of sp³-hybridized carbons (Fsp3) is 0.538. The Kier molecular flexibility index (Phi) is 3.61. The molecule has 17 heavy (non-hydrogen) atoms. The van der Waals surface area contributed by atoms with Crippen LogP contribution in [0.1, 0.15) is 36.7 Å². The highest BCUT2D eigenvalue weighted by Gasteiger charge is 2.19. The van der Waals surface area contributed by atoms with Crippen LogP contribution in [0.15, 0.2) is 18.2 Å². The highest BCUT2D eigenvalue weighted by molar-refractivity contribution is 5.85. The van der Waals surface area contributed by atoms with Crippen LogP contribution >= 0.6 is 0 Å². The third-order valence-corrected chi connectivity index (χ3v) is 3.47. The number of hydrogen-bond donors (Lipinski definition) is 1. The van der Waals surface area contributed by atoms with Gasteiger partial charge in [0, 0.05) is 13.1 Å². The molecule has 0 aliphatic carbocycles. The van der Waals surface area contributed by atoms with Gasteiger partial charge in [-0.2, -0.15) is 0 Å². The maximum atomic E-state index is 10.9. The molecule has 0 unspecified atom stereocenters. The number of aromatic nitrogens is 1. The summed E-state index contributed by atoms with van der Waals surface area (Å²) in [5.74, 6) is 0.642. The quantitative estimate of drug-likeness (QED) is 0.872. The second-order valence-corrected chi connectivity index (χ2v) is 4.52. The SMILES string of the molecule is CCC1CCN(c2cccc(C(=O)O)n2)CC1. The Hall–Kier alpha value is -1.58. The molecular weight excluding hydrogens is 216 g/mol. The zero-order valence-corrected chi connectivity index (χ0v) is 10.1. The third-order valence-electron chi connectivity index (χ3n) is 3.47. The minimum absolute atomic E-state index is 0.125. The molecule has 0 spiro atoms. The van der Waals surface area contributed by atoms with Gasteiger partial charge in [0.05, 0.1) is 0 Å². The van der Waals surface area contributed by atoms with Crippen molar-refractivity contribution in [2.75, 3.05) is 18.0 Å². The number of carbonyl (C=O) groups is 1. The van der Waals surface area contributed by atoms with E-state index in [1.165, 1.54) is 25.3 Å². The second-order valence-electron chi connectivity index (χ2n) is 4.52. The minimum Gasteiger partial charge on any atom is -0.477 e. The number of pyridine rings is 1. The average Bonchev–Trinajstić information content (AvgIpc) is 2.39. The molecule has 1 saturated heterocycles. The molecule has 1 fully saturated rings. The van der Waals surface area contributed by atoms with Crippen molar-refractivity contribution in [2.45, 2.75) is 26.2 Å². The number of rotatable bonds is 3. The van der Waals surface area contributed by atoms with E-state index in [2.05, 4.69) is 16.8 Å². The minimum atomic E-state index is -0.963. The molecule has 4 nitrogen and oxygen atoms in total. The Morgan fingerprint density at radius 2 is 2.18 bits per heavy atom. The normalized spacial score (nSPS) is 17.1. The molecule has 1 aliphatic heterocycles. The van der Waals surface area contributed by atoms with E-state index >= 15 is 0 Å². The number of hydrogen-bond acceptors (Lipinski definition) is 3.